The van der Waals surface area contributed by atoms with Gasteiger partial charge in [0.15, 0.2) is 11.7 Å². The van der Waals surface area contributed by atoms with E-state index < -0.39 is 5.92 Å². The maximum absolute atomic E-state index is 12.7. The first kappa shape index (κ1) is 19.8. The highest BCUT2D eigenvalue weighted by molar-refractivity contribution is 7.10. The molecular formula is C23H22N2O2S. The van der Waals surface area contributed by atoms with Crippen molar-refractivity contribution < 1.29 is 9.53 Å². The molecule has 1 atom stereocenters. The van der Waals surface area contributed by atoms with E-state index in [1.165, 1.54) is 11.3 Å². The van der Waals surface area contributed by atoms with E-state index in [4.69, 9.17) is 4.74 Å². The van der Waals surface area contributed by atoms with Crippen LogP contribution in [0.15, 0.2) is 53.9 Å². The van der Waals surface area contributed by atoms with Crippen LogP contribution in [0.2, 0.25) is 0 Å². The lowest BCUT2D eigenvalue weighted by molar-refractivity contribution is -0.121. The molecule has 0 fully saturated rings. The van der Waals surface area contributed by atoms with Gasteiger partial charge in [-0.25, -0.2) is 4.98 Å². The minimum atomic E-state index is -0.922. The minimum absolute atomic E-state index is 0.151. The summed E-state index contributed by atoms with van der Waals surface area (Å²) in [6, 6.07) is 17.8. The van der Waals surface area contributed by atoms with Gasteiger partial charge in [-0.15, -0.1) is 11.3 Å². The molecule has 0 amide bonds. The molecule has 1 unspecified atom stereocenters. The van der Waals surface area contributed by atoms with Crippen LogP contribution in [0.3, 0.4) is 0 Å². The fraction of sp³-hybridized carbons (Fsp3) is 0.261. The number of rotatable bonds is 7. The quantitative estimate of drug-likeness (QED) is 0.534. The van der Waals surface area contributed by atoms with E-state index in [1.54, 1.807) is 0 Å². The molecule has 0 radical (unpaired) electrons. The Morgan fingerprint density at radius 3 is 2.64 bits per heavy atom. The molecule has 3 rings (SSSR count). The summed E-state index contributed by atoms with van der Waals surface area (Å²) in [5.41, 5.74) is 3.85. The molecule has 3 aromatic rings. The summed E-state index contributed by atoms with van der Waals surface area (Å²) >= 11 is 1.33. The molecule has 0 bridgehead atoms. The number of hydrogen-bond acceptors (Lipinski definition) is 5. The van der Waals surface area contributed by atoms with E-state index >= 15 is 0 Å². The van der Waals surface area contributed by atoms with E-state index in [0.29, 0.717) is 10.8 Å². The van der Waals surface area contributed by atoms with Crippen molar-refractivity contribution in [1.29, 1.82) is 5.26 Å². The van der Waals surface area contributed by atoms with Gasteiger partial charge in [-0.1, -0.05) is 56.3 Å². The molecule has 0 spiro atoms. The number of carbonyl (C=O) groups is 1. The number of ketones is 1. The SMILES string of the molecule is Cc1ccc(C(C)C)c(OCC(=O)C(C#N)c2nc(-c3ccccc3)cs2)c1. The van der Waals surface area contributed by atoms with Crippen LogP contribution in [-0.2, 0) is 4.79 Å². The third kappa shape index (κ3) is 4.47. The Morgan fingerprint density at radius 2 is 1.96 bits per heavy atom. The predicted octanol–water partition coefficient (Wildman–Crippen LogP) is 5.50. The van der Waals surface area contributed by atoms with Gasteiger partial charge in [-0.05, 0) is 30.0 Å². The second-order valence-corrected chi connectivity index (χ2v) is 7.84. The van der Waals surface area contributed by atoms with Crippen LogP contribution < -0.4 is 4.74 Å². The maximum atomic E-state index is 12.7. The topological polar surface area (TPSA) is 63.0 Å². The van der Waals surface area contributed by atoms with Crippen molar-refractivity contribution in [3.63, 3.8) is 0 Å². The number of aromatic nitrogens is 1. The molecule has 1 aromatic heterocycles. The summed E-state index contributed by atoms with van der Waals surface area (Å²) in [5, 5.41) is 11.9. The highest BCUT2D eigenvalue weighted by Gasteiger charge is 2.25. The molecular weight excluding hydrogens is 368 g/mol. The second kappa shape index (κ2) is 8.81. The fourth-order valence-electron chi connectivity index (χ4n) is 2.90. The number of nitriles is 1. The zero-order valence-electron chi connectivity index (χ0n) is 16.2. The molecule has 0 saturated carbocycles. The van der Waals surface area contributed by atoms with Gasteiger partial charge in [-0.3, -0.25) is 4.79 Å². The van der Waals surface area contributed by atoms with E-state index in [2.05, 4.69) is 24.9 Å². The number of Topliss-reactive ketones (excluding diaryl/α,β-unsaturated/α-hetero) is 1. The zero-order chi connectivity index (χ0) is 20.1. The molecule has 0 saturated heterocycles. The van der Waals surface area contributed by atoms with Crippen molar-refractivity contribution in [3.8, 4) is 23.1 Å². The average molecular weight is 391 g/mol. The summed E-state index contributed by atoms with van der Waals surface area (Å²) in [6.45, 7) is 6.00. The maximum Gasteiger partial charge on any atom is 0.194 e. The molecule has 0 N–H and O–H groups in total. The van der Waals surface area contributed by atoms with E-state index in [-0.39, 0.29) is 18.3 Å². The normalized spacial score (nSPS) is 11.8. The Balaban J connectivity index is 1.74. The molecule has 5 heteroatoms. The predicted molar refractivity (Wildman–Crippen MR) is 112 cm³/mol. The number of benzene rings is 2. The third-order valence-corrected chi connectivity index (χ3v) is 5.36. The van der Waals surface area contributed by atoms with Crippen LogP contribution in [0.4, 0.5) is 0 Å². The highest BCUT2D eigenvalue weighted by Crippen LogP contribution is 2.29. The van der Waals surface area contributed by atoms with Gasteiger partial charge in [-0.2, -0.15) is 5.26 Å². The first-order valence-corrected chi connectivity index (χ1v) is 10.0. The monoisotopic (exact) mass is 390 g/mol. The number of thiazole rings is 1. The number of carbonyl (C=O) groups excluding carboxylic acids is 1. The first-order valence-electron chi connectivity index (χ1n) is 9.16. The van der Waals surface area contributed by atoms with Crippen molar-refractivity contribution in [2.75, 3.05) is 6.61 Å². The summed E-state index contributed by atoms with van der Waals surface area (Å²) in [5.74, 6) is -0.226. The number of aryl methyl sites for hydroxylation is 1. The summed E-state index contributed by atoms with van der Waals surface area (Å²) in [7, 11) is 0. The van der Waals surface area contributed by atoms with Crippen molar-refractivity contribution in [1.82, 2.24) is 4.98 Å². The zero-order valence-corrected chi connectivity index (χ0v) is 17.0. The lowest BCUT2D eigenvalue weighted by Gasteiger charge is -2.15. The highest BCUT2D eigenvalue weighted by atomic mass is 32.1. The van der Waals surface area contributed by atoms with Gasteiger partial charge in [0.1, 0.15) is 17.4 Å². The first-order chi connectivity index (χ1) is 13.5. The van der Waals surface area contributed by atoms with E-state index in [9.17, 15) is 10.1 Å². The van der Waals surface area contributed by atoms with Crippen LogP contribution in [0.1, 0.15) is 41.8 Å². The Morgan fingerprint density at radius 1 is 1.21 bits per heavy atom. The molecule has 28 heavy (non-hydrogen) atoms. The minimum Gasteiger partial charge on any atom is -0.485 e. The number of hydrogen-bond donors (Lipinski definition) is 0. The van der Waals surface area contributed by atoms with Crippen molar-refractivity contribution in [3.05, 3.63) is 70.0 Å². The lowest BCUT2D eigenvalue weighted by Crippen LogP contribution is -2.19. The van der Waals surface area contributed by atoms with Crippen LogP contribution in [0.5, 0.6) is 5.75 Å². The number of nitrogens with zero attached hydrogens (tertiary/aromatic N) is 2. The third-order valence-electron chi connectivity index (χ3n) is 4.45. The number of ether oxygens (including phenoxy) is 1. The van der Waals surface area contributed by atoms with Crippen molar-refractivity contribution >= 4 is 17.1 Å². The molecule has 0 aliphatic rings. The standard InChI is InChI=1S/C23H22N2O2S/c1-15(2)18-10-9-16(3)11-22(18)27-13-21(26)19(12-24)23-25-20(14-28-23)17-7-5-4-6-8-17/h4-11,14-15,19H,13H2,1-3H3. The molecule has 142 valence electrons. The van der Waals surface area contributed by atoms with Crippen LogP contribution in [-0.4, -0.2) is 17.4 Å². The van der Waals surface area contributed by atoms with Crippen LogP contribution >= 0.6 is 11.3 Å². The second-order valence-electron chi connectivity index (χ2n) is 6.95. The van der Waals surface area contributed by atoms with Crippen LogP contribution in [0, 0.1) is 18.3 Å². The van der Waals surface area contributed by atoms with Gasteiger partial charge >= 0.3 is 0 Å². The van der Waals surface area contributed by atoms with Gasteiger partial charge in [0.2, 0.25) is 0 Å². The Kier molecular flexibility index (Phi) is 6.23. The van der Waals surface area contributed by atoms with Gasteiger partial charge < -0.3 is 4.74 Å². The summed E-state index contributed by atoms with van der Waals surface area (Å²) in [6.07, 6.45) is 0. The van der Waals surface area contributed by atoms with Crippen LogP contribution in [0.25, 0.3) is 11.3 Å². The largest absolute Gasteiger partial charge is 0.485 e. The molecule has 0 aliphatic heterocycles. The average Bonchev–Trinajstić information content (AvgIpc) is 3.17. The van der Waals surface area contributed by atoms with E-state index in [0.717, 1.165) is 22.4 Å². The fourth-order valence-corrected chi connectivity index (χ4v) is 3.79. The van der Waals surface area contributed by atoms with Gasteiger partial charge in [0.25, 0.3) is 0 Å². The Hall–Kier alpha value is -2.97. The Labute approximate surface area is 169 Å². The van der Waals surface area contributed by atoms with Gasteiger partial charge in [0.05, 0.1) is 11.8 Å². The van der Waals surface area contributed by atoms with Crippen molar-refractivity contribution in [2.24, 2.45) is 0 Å². The molecule has 0 aliphatic carbocycles. The summed E-state index contributed by atoms with van der Waals surface area (Å²) < 4.78 is 5.81. The lowest BCUT2D eigenvalue weighted by atomic mass is 10.0. The molecule has 2 aromatic carbocycles. The van der Waals surface area contributed by atoms with E-state index in [1.807, 2.05) is 60.8 Å². The smallest absolute Gasteiger partial charge is 0.194 e. The van der Waals surface area contributed by atoms with Crippen molar-refractivity contribution in [2.45, 2.75) is 32.6 Å². The molecule has 4 nitrogen and oxygen atoms in total. The van der Waals surface area contributed by atoms with Gasteiger partial charge in [0, 0.05) is 10.9 Å². The molecule has 1 heterocycles. The summed E-state index contributed by atoms with van der Waals surface area (Å²) in [4.78, 5) is 17.2. The Bertz CT molecular complexity index is 1000.